The highest BCUT2D eigenvalue weighted by Crippen LogP contribution is 2.27. The predicted octanol–water partition coefficient (Wildman–Crippen LogP) is 5.37. The van der Waals surface area contributed by atoms with Gasteiger partial charge >= 0.3 is 0 Å². The molecule has 1 heterocycles. The van der Waals surface area contributed by atoms with Gasteiger partial charge in [0.15, 0.2) is 0 Å². The second-order valence-corrected chi connectivity index (χ2v) is 7.24. The molecule has 0 saturated heterocycles. The quantitative estimate of drug-likeness (QED) is 0.484. The monoisotopic (exact) mass is 382 g/mol. The van der Waals surface area contributed by atoms with E-state index in [1.165, 1.54) is 4.57 Å². The van der Waals surface area contributed by atoms with E-state index < -0.39 is 0 Å². The average Bonchev–Trinajstić information content (AvgIpc) is 2.72. The number of aryl methyl sites for hydroxylation is 3. The Morgan fingerprint density at radius 1 is 0.828 bits per heavy atom. The van der Waals surface area contributed by atoms with Crippen LogP contribution in [0.15, 0.2) is 76.5 Å². The summed E-state index contributed by atoms with van der Waals surface area (Å²) in [7, 11) is 0. The van der Waals surface area contributed by atoms with Crippen molar-refractivity contribution in [3.05, 3.63) is 99.3 Å². The van der Waals surface area contributed by atoms with Gasteiger partial charge in [-0.25, -0.2) is 4.57 Å². The van der Waals surface area contributed by atoms with Gasteiger partial charge in [-0.3, -0.25) is 9.79 Å². The minimum absolute atomic E-state index is 0.116. The third-order valence-electron chi connectivity index (χ3n) is 5.30. The van der Waals surface area contributed by atoms with E-state index in [9.17, 15) is 9.90 Å². The summed E-state index contributed by atoms with van der Waals surface area (Å²) in [5.41, 5.74) is 4.93. The molecule has 0 unspecified atom stereocenters. The van der Waals surface area contributed by atoms with Crippen LogP contribution in [0.25, 0.3) is 16.5 Å². The van der Waals surface area contributed by atoms with E-state index in [-0.39, 0.29) is 11.4 Å². The van der Waals surface area contributed by atoms with Crippen molar-refractivity contribution in [3.8, 4) is 11.6 Å². The lowest BCUT2D eigenvalue weighted by Crippen LogP contribution is -2.20. The Morgan fingerprint density at radius 2 is 1.52 bits per heavy atom. The first-order chi connectivity index (χ1) is 14.0. The fourth-order valence-electron chi connectivity index (χ4n) is 3.44. The summed E-state index contributed by atoms with van der Waals surface area (Å²) < 4.78 is 1.36. The number of aromatic nitrogens is 1. The molecule has 4 nitrogen and oxygen atoms in total. The molecule has 0 spiro atoms. The number of hydrogen-bond donors (Lipinski definition) is 1. The van der Waals surface area contributed by atoms with Crippen molar-refractivity contribution in [2.24, 2.45) is 4.99 Å². The lowest BCUT2D eigenvalue weighted by molar-refractivity contribution is 0.436. The first kappa shape index (κ1) is 18.7. The number of aromatic hydroxyl groups is 1. The zero-order chi connectivity index (χ0) is 20.5. The number of rotatable bonds is 3. The predicted molar refractivity (Wildman–Crippen MR) is 119 cm³/mol. The summed E-state index contributed by atoms with van der Waals surface area (Å²) in [6.45, 7) is 5.99. The van der Waals surface area contributed by atoms with Crippen LogP contribution in [0.3, 0.4) is 0 Å². The van der Waals surface area contributed by atoms with Crippen LogP contribution in [0.5, 0.6) is 5.88 Å². The fourth-order valence-corrected chi connectivity index (χ4v) is 3.44. The Morgan fingerprint density at radius 3 is 2.24 bits per heavy atom. The maximum Gasteiger partial charge on any atom is 0.265 e. The van der Waals surface area contributed by atoms with Crippen LogP contribution in [0.4, 0.5) is 5.69 Å². The van der Waals surface area contributed by atoms with Crippen molar-refractivity contribution in [3.63, 3.8) is 0 Å². The first-order valence-electron chi connectivity index (χ1n) is 9.51. The molecule has 3 aromatic carbocycles. The summed E-state index contributed by atoms with van der Waals surface area (Å²) in [5.74, 6) is -0.116. The molecular formula is C25H22N2O2. The van der Waals surface area contributed by atoms with Gasteiger partial charge in [-0.15, -0.1) is 0 Å². The van der Waals surface area contributed by atoms with E-state index >= 15 is 0 Å². The van der Waals surface area contributed by atoms with Crippen molar-refractivity contribution in [1.29, 1.82) is 0 Å². The fraction of sp³-hybridized carbons (Fsp3) is 0.120. The van der Waals surface area contributed by atoms with Crippen LogP contribution in [0.1, 0.15) is 22.3 Å². The molecule has 4 aromatic rings. The van der Waals surface area contributed by atoms with Crippen molar-refractivity contribution in [1.82, 2.24) is 4.57 Å². The second-order valence-electron chi connectivity index (χ2n) is 7.24. The lowest BCUT2D eigenvalue weighted by atomic mass is 10.1. The van der Waals surface area contributed by atoms with Gasteiger partial charge in [0.2, 0.25) is 5.88 Å². The van der Waals surface area contributed by atoms with E-state index in [4.69, 9.17) is 0 Å². The third kappa shape index (κ3) is 3.34. The zero-order valence-electron chi connectivity index (χ0n) is 16.7. The Balaban J connectivity index is 2.00. The van der Waals surface area contributed by atoms with Crippen LogP contribution < -0.4 is 5.56 Å². The van der Waals surface area contributed by atoms with Gasteiger partial charge in [-0.2, -0.15) is 0 Å². The van der Waals surface area contributed by atoms with Gasteiger partial charge in [-0.1, -0.05) is 42.5 Å². The molecule has 0 radical (unpaired) electrons. The highest BCUT2D eigenvalue weighted by molar-refractivity contribution is 6.02. The smallest absolute Gasteiger partial charge is 0.265 e. The van der Waals surface area contributed by atoms with Crippen molar-refractivity contribution < 1.29 is 5.11 Å². The molecule has 0 aliphatic heterocycles. The molecule has 4 rings (SSSR count). The van der Waals surface area contributed by atoms with Gasteiger partial charge in [0.25, 0.3) is 5.56 Å². The molecule has 0 aliphatic rings. The van der Waals surface area contributed by atoms with E-state index in [0.717, 1.165) is 22.4 Å². The molecular weight excluding hydrogens is 360 g/mol. The lowest BCUT2D eigenvalue weighted by Gasteiger charge is -2.15. The third-order valence-corrected chi connectivity index (χ3v) is 5.30. The van der Waals surface area contributed by atoms with E-state index in [1.807, 2.05) is 81.4 Å². The molecule has 0 atom stereocenters. The van der Waals surface area contributed by atoms with Gasteiger partial charge in [0, 0.05) is 17.0 Å². The molecule has 0 bridgehead atoms. The maximum absolute atomic E-state index is 13.2. The number of pyridine rings is 1. The maximum atomic E-state index is 13.2. The molecule has 1 N–H and O–H groups in total. The van der Waals surface area contributed by atoms with Crippen molar-refractivity contribution in [2.45, 2.75) is 20.8 Å². The van der Waals surface area contributed by atoms with Crippen molar-refractivity contribution in [2.75, 3.05) is 0 Å². The van der Waals surface area contributed by atoms with Gasteiger partial charge < -0.3 is 5.11 Å². The highest BCUT2D eigenvalue weighted by atomic mass is 16.3. The number of hydrogen-bond acceptors (Lipinski definition) is 3. The van der Waals surface area contributed by atoms with Crippen LogP contribution in [-0.4, -0.2) is 15.9 Å². The molecule has 144 valence electrons. The summed E-state index contributed by atoms with van der Waals surface area (Å²) in [5, 5.41) is 12.3. The number of aliphatic imine (C=N–C) groups is 1. The number of fused-ring (bicyclic) bond motifs is 1. The summed E-state index contributed by atoms with van der Waals surface area (Å²) >= 11 is 0. The SMILES string of the molecule is Cc1ccc(-n2c(O)c(C=Nc3ccccc3C)c3ccccc3c2=O)cc1C. The summed E-state index contributed by atoms with van der Waals surface area (Å²) in [6.07, 6.45) is 1.64. The van der Waals surface area contributed by atoms with Crippen LogP contribution >= 0.6 is 0 Å². The first-order valence-corrected chi connectivity index (χ1v) is 9.51. The largest absolute Gasteiger partial charge is 0.494 e. The molecule has 0 aliphatic carbocycles. The highest BCUT2D eigenvalue weighted by Gasteiger charge is 2.16. The van der Waals surface area contributed by atoms with Crippen LogP contribution in [0.2, 0.25) is 0 Å². The molecule has 29 heavy (non-hydrogen) atoms. The standard InChI is InChI=1S/C25H22N2O2/c1-16-12-13-19(14-18(16)3)27-24(28)21-10-6-5-9-20(21)22(25(27)29)15-26-23-11-7-4-8-17(23)2/h4-15,29H,1-3H3. The Hall–Kier alpha value is -3.66. The van der Waals surface area contributed by atoms with Crippen molar-refractivity contribution >= 4 is 22.7 Å². The minimum atomic E-state index is -0.255. The van der Waals surface area contributed by atoms with Crippen LogP contribution in [-0.2, 0) is 0 Å². The topological polar surface area (TPSA) is 54.6 Å². The van der Waals surface area contributed by atoms with Gasteiger partial charge in [-0.05, 0) is 61.7 Å². The Bertz CT molecular complexity index is 1320. The number of benzene rings is 3. The number of para-hydroxylation sites is 1. The van der Waals surface area contributed by atoms with E-state index in [2.05, 4.69) is 4.99 Å². The molecule has 0 fully saturated rings. The summed E-state index contributed by atoms with van der Waals surface area (Å²) in [4.78, 5) is 17.8. The average molecular weight is 382 g/mol. The molecule has 0 saturated carbocycles. The molecule has 0 amide bonds. The summed E-state index contributed by atoms with van der Waals surface area (Å²) in [6, 6.07) is 20.8. The van der Waals surface area contributed by atoms with E-state index in [0.29, 0.717) is 22.0 Å². The van der Waals surface area contributed by atoms with Gasteiger partial charge in [0.1, 0.15) is 0 Å². The molecule has 1 aromatic heterocycles. The Labute approximate surface area is 169 Å². The second kappa shape index (κ2) is 7.40. The van der Waals surface area contributed by atoms with Crippen LogP contribution in [0, 0.1) is 20.8 Å². The van der Waals surface area contributed by atoms with Gasteiger partial charge in [0.05, 0.1) is 16.9 Å². The number of nitrogens with zero attached hydrogens (tertiary/aromatic N) is 2. The van der Waals surface area contributed by atoms with E-state index in [1.54, 1.807) is 12.3 Å². The normalized spacial score (nSPS) is 11.4. The zero-order valence-corrected chi connectivity index (χ0v) is 16.7. The Kier molecular flexibility index (Phi) is 4.77. The molecule has 4 heteroatoms. The minimum Gasteiger partial charge on any atom is -0.494 e.